The molecule has 5 nitrogen and oxygen atoms in total. The van der Waals surface area contributed by atoms with Gasteiger partial charge in [-0.2, -0.15) is 0 Å². The van der Waals surface area contributed by atoms with E-state index in [2.05, 4.69) is 16.7 Å². The van der Waals surface area contributed by atoms with Crippen LogP contribution in [0.1, 0.15) is 23.3 Å². The molecule has 0 fully saturated rings. The number of hydrogen-bond donors (Lipinski definition) is 2. The van der Waals surface area contributed by atoms with Crippen LogP contribution in [0.4, 0.5) is 5.69 Å². The predicted octanol–water partition coefficient (Wildman–Crippen LogP) is 3.14. The number of carbonyl (C=O) groups excluding carboxylic acids is 2. The van der Waals surface area contributed by atoms with Gasteiger partial charge >= 0.3 is 0 Å². The summed E-state index contributed by atoms with van der Waals surface area (Å²) in [5.41, 5.74) is 1.62. The number of anilines is 1. The molecule has 0 aliphatic heterocycles. The number of hydrogen-bond acceptors (Lipinski definition) is 4. The second-order valence-electron chi connectivity index (χ2n) is 5.46. The lowest BCUT2D eigenvalue weighted by atomic mass is 10.2. The topological polar surface area (TPSA) is 67.4 Å². The smallest absolute Gasteiger partial charge is 0.243 e. The summed E-state index contributed by atoms with van der Waals surface area (Å²) in [5, 5.41) is 7.43. The van der Waals surface area contributed by atoms with Crippen LogP contribution in [0.3, 0.4) is 0 Å². The maximum absolute atomic E-state index is 12.0. The number of benzene rings is 1. The monoisotopic (exact) mass is 346 g/mol. The lowest BCUT2D eigenvalue weighted by Crippen LogP contribution is -2.32. The summed E-state index contributed by atoms with van der Waals surface area (Å²) in [6, 6.07) is 9.60. The molecule has 128 valence electrons. The molecule has 0 unspecified atom stereocenters. The third kappa shape index (κ3) is 5.70. The molecular formula is C18H22N2O3S. The summed E-state index contributed by atoms with van der Waals surface area (Å²) in [5.74, 6) is 0.208. The Balaban J connectivity index is 1.72. The zero-order chi connectivity index (χ0) is 17.4. The molecule has 0 radical (unpaired) electrons. The maximum Gasteiger partial charge on any atom is 0.243 e. The van der Waals surface area contributed by atoms with Crippen molar-refractivity contribution in [2.75, 3.05) is 19.0 Å². The summed E-state index contributed by atoms with van der Waals surface area (Å²) in [4.78, 5) is 25.0. The molecule has 2 amide bonds. The molecule has 2 N–H and O–H groups in total. The average molecular weight is 346 g/mol. The van der Waals surface area contributed by atoms with Crippen LogP contribution in [-0.2, 0) is 16.0 Å². The van der Waals surface area contributed by atoms with E-state index in [4.69, 9.17) is 4.74 Å². The summed E-state index contributed by atoms with van der Waals surface area (Å²) < 4.78 is 5.21. The van der Waals surface area contributed by atoms with Crippen molar-refractivity contribution in [3.05, 3.63) is 46.2 Å². The van der Waals surface area contributed by atoms with Gasteiger partial charge in [-0.3, -0.25) is 9.59 Å². The molecule has 0 spiro atoms. The van der Waals surface area contributed by atoms with Crippen LogP contribution in [0.25, 0.3) is 0 Å². The minimum absolute atomic E-state index is 0.0467. The Kier molecular flexibility index (Phi) is 6.81. The SMILES string of the molecule is COc1ccc(C)cc1NC(=O)CNC(=O)CCCc1cccs1. The van der Waals surface area contributed by atoms with Gasteiger partial charge in [-0.15, -0.1) is 11.3 Å². The highest BCUT2D eigenvalue weighted by Crippen LogP contribution is 2.24. The van der Waals surface area contributed by atoms with Crippen LogP contribution in [0.15, 0.2) is 35.7 Å². The van der Waals surface area contributed by atoms with Crippen molar-refractivity contribution in [2.45, 2.75) is 26.2 Å². The predicted molar refractivity (Wildman–Crippen MR) is 96.6 cm³/mol. The lowest BCUT2D eigenvalue weighted by Gasteiger charge is -2.11. The Morgan fingerprint density at radius 2 is 2.04 bits per heavy atom. The Bertz CT molecular complexity index is 684. The third-order valence-corrected chi connectivity index (χ3v) is 4.42. The zero-order valence-corrected chi connectivity index (χ0v) is 14.7. The standard InChI is InChI=1S/C18H22N2O3S/c1-13-8-9-16(23-2)15(11-13)20-18(22)12-19-17(21)7-3-5-14-6-4-10-24-14/h4,6,8-11H,3,5,7,12H2,1-2H3,(H,19,21)(H,20,22). The molecule has 0 saturated carbocycles. The van der Waals surface area contributed by atoms with Crippen molar-refractivity contribution in [1.82, 2.24) is 5.32 Å². The maximum atomic E-state index is 12.0. The average Bonchev–Trinajstić information content (AvgIpc) is 3.06. The lowest BCUT2D eigenvalue weighted by molar-refractivity contribution is -0.124. The van der Waals surface area contributed by atoms with E-state index in [-0.39, 0.29) is 18.4 Å². The highest BCUT2D eigenvalue weighted by atomic mass is 32.1. The van der Waals surface area contributed by atoms with Gasteiger partial charge in [0, 0.05) is 11.3 Å². The minimum Gasteiger partial charge on any atom is -0.495 e. The third-order valence-electron chi connectivity index (χ3n) is 3.48. The van der Waals surface area contributed by atoms with E-state index in [0.29, 0.717) is 17.9 Å². The zero-order valence-electron chi connectivity index (χ0n) is 13.9. The van der Waals surface area contributed by atoms with Crippen LogP contribution >= 0.6 is 11.3 Å². The number of rotatable bonds is 8. The number of aryl methyl sites for hydroxylation is 2. The fraction of sp³-hybridized carbons (Fsp3) is 0.333. The first kappa shape index (κ1) is 18.0. The largest absolute Gasteiger partial charge is 0.495 e. The van der Waals surface area contributed by atoms with E-state index in [1.165, 1.54) is 4.88 Å². The second-order valence-corrected chi connectivity index (χ2v) is 6.49. The normalized spacial score (nSPS) is 10.2. The van der Waals surface area contributed by atoms with Gasteiger partial charge in [0.05, 0.1) is 19.3 Å². The van der Waals surface area contributed by atoms with E-state index in [1.807, 2.05) is 30.5 Å². The van der Waals surface area contributed by atoms with Crippen molar-refractivity contribution in [3.8, 4) is 5.75 Å². The van der Waals surface area contributed by atoms with Crippen LogP contribution in [0.5, 0.6) is 5.75 Å². The molecule has 1 aromatic heterocycles. The fourth-order valence-corrected chi connectivity index (χ4v) is 3.01. The molecule has 1 heterocycles. The van der Waals surface area contributed by atoms with Crippen LogP contribution < -0.4 is 15.4 Å². The first-order valence-corrected chi connectivity index (χ1v) is 8.70. The molecule has 2 rings (SSSR count). The van der Waals surface area contributed by atoms with E-state index in [0.717, 1.165) is 18.4 Å². The van der Waals surface area contributed by atoms with Gasteiger partial charge in [-0.25, -0.2) is 0 Å². The van der Waals surface area contributed by atoms with Gasteiger partial charge in [0.15, 0.2) is 0 Å². The first-order chi connectivity index (χ1) is 11.6. The van der Waals surface area contributed by atoms with E-state index in [9.17, 15) is 9.59 Å². The fourth-order valence-electron chi connectivity index (χ4n) is 2.26. The Morgan fingerprint density at radius 3 is 2.75 bits per heavy atom. The number of ether oxygens (including phenoxy) is 1. The molecule has 0 atom stereocenters. The molecule has 2 aromatic rings. The summed E-state index contributed by atoms with van der Waals surface area (Å²) in [6.45, 7) is 1.89. The van der Waals surface area contributed by atoms with Crippen molar-refractivity contribution in [1.29, 1.82) is 0 Å². The van der Waals surface area contributed by atoms with Gasteiger partial charge in [0.2, 0.25) is 11.8 Å². The summed E-state index contributed by atoms with van der Waals surface area (Å²) >= 11 is 1.69. The molecule has 0 saturated heterocycles. The van der Waals surface area contributed by atoms with Crippen LogP contribution in [0, 0.1) is 6.92 Å². The van der Waals surface area contributed by atoms with Crippen LogP contribution in [0.2, 0.25) is 0 Å². The van der Waals surface area contributed by atoms with Gasteiger partial charge in [0.1, 0.15) is 5.75 Å². The van der Waals surface area contributed by atoms with Gasteiger partial charge in [0.25, 0.3) is 0 Å². The van der Waals surface area contributed by atoms with Crippen molar-refractivity contribution in [2.24, 2.45) is 0 Å². The number of amides is 2. The number of thiophene rings is 1. The second kappa shape index (κ2) is 9.08. The Morgan fingerprint density at radius 1 is 1.21 bits per heavy atom. The summed E-state index contributed by atoms with van der Waals surface area (Å²) in [7, 11) is 1.55. The van der Waals surface area contributed by atoms with Crippen molar-refractivity contribution >= 4 is 28.8 Å². The van der Waals surface area contributed by atoms with Gasteiger partial charge < -0.3 is 15.4 Å². The first-order valence-electron chi connectivity index (χ1n) is 7.82. The van der Waals surface area contributed by atoms with Gasteiger partial charge in [-0.1, -0.05) is 12.1 Å². The number of carbonyl (C=O) groups is 2. The minimum atomic E-state index is -0.273. The quantitative estimate of drug-likeness (QED) is 0.772. The van der Waals surface area contributed by atoms with Crippen molar-refractivity contribution in [3.63, 3.8) is 0 Å². The van der Waals surface area contributed by atoms with E-state index >= 15 is 0 Å². The van der Waals surface area contributed by atoms with Crippen molar-refractivity contribution < 1.29 is 14.3 Å². The molecule has 6 heteroatoms. The number of nitrogens with one attached hydrogen (secondary N) is 2. The molecule has 0 aliphatic rings. The molecule has 24 heavy (non-hydrogen) atoms. The van der Waals surface area contributed by atoms with Gasteiger partial charge in [-0.05, 0) is 48.9 Å². The highest BCUT2D eigenvalue weighted by molar-refractivity contribution is 7.09. The highest BCUT2D eigenvalue weighted by Gasteiger charge is 2.09. The van der Waals surface area contributed by atoms with E-state index in [1.54, 1.807) is 24.5 Å². The molecular weight excluding hydrogens is 324 g/mol. The van der Waals surface area contributed by atoms with E-state index < -0.39 is 0 Å². The molecule has 0 aliphatic carbocycles. The Hall–Kier alpha value is -2.34. The molecule has 1 aromatic carbocycles. The summed E-state index contributed by atoms with van der Waals surface area (Å²) in [6.07, 6.45) is 2.08. The van der Waals surface area contributed by atoms with Crippen LogP contribution in [-0.4, -0.2) is 25.5 Å². The molecule has 0 bridgehead atoms. The number of methoxy groups -OCH3 is 1. The Labute approximate surface area is 146 Å².